The van der Waals surface area contributed by atoms with Gasteiger partial charge in [-0.3, -0.25) is 14.9 Å². The second-order valence-electron chi connectivity index (χ2n) is 7.94. The minimum absolute atomic E-state index is 0.0488. The van der Waals surface area contributed by atoms with Crippen LogP contribution >= 0.6 is 0 Å². The third-order valence-electron chi connectivity index (χ3n) is 5.65. The highest BCUT2D eigenvalue weighted by Crippen LogP contribution is 2.52. The maximum Gasteiger partial charge on any atom is 0.343 e. The number of nitro groups is 1. The number of carbonyl (C=O) groups excluding carboxylic acids is 1. The molecule has 1 atom stereocenters. The van der Waals surface area contributed by atoms with Crippen molar-refractivity contribution in [3.63, 3.8) is 0 Å². The van der Waals surface area contributed by atoms with Gasteiger partial charge in [-0.1, -0.05) is 0 Å². The van der Waals surface area contributed by atoms with Gasteiger partial charge in [-0.25, -0.2) is 4.79 Å². The topological polar surface area (TPSA) is 160 Å². The van der Waals surface area contributed by atoms with E-state index in [4.69, 9.17) is 23.4 Å². The summed E-state index contributed by atoms with van der Waals surface area (Å²) in [5.41, 5.74) is -1.78. The van der Waals surface area contributed by atoms with Crippen molar-refractivity contribution >= 4 is 17.3 Å². The van der Waals surface area contributed by atoms with Gasteiger partial charge in [0.25, 0.3) is 0 Å². The third-order valence-corrected chi connectivity index (χ3v) is 5.65. The second-order valence-corrected chi connectivity index (χ2v) is 7.94. The zero-order valence-corrected chi connectivity index (χ0v) is 19.8. The molecular formula is C24H21FN2O10. The minimum atomic E-state index is -1.16. The summed E-state index contributed by atoms with van der Waals surface area (Å²) in [7, 11) is 2.73. The number of nitro benzene ring substituents is 1. The van der Waals surface area contributed by atoms with Crippen molar-refractivity contribution in [1.82, 2.24) is 0 Å². The number of aryl methyl sites for hydroxylation is 1. The van der Waals surface area contributed by atoms with E-state index in [1.165, 1.54) is 33.3 Å². The summed E-state index contributed by atoms with van der Waals surface area (Å²) in [4.78, 5) is 36.1. The van der Waals surface area contributed by atoms with Gasteiger partial charge in [0.05, 0.1) is 24.7 Å². The molecule has 12 nitrogen and oxygen atoms in total. The summed E-state index contributed by atoms with van der Waals surface area (Å²) in [5.74, 6) is -2.46. The van der Waals surface area contributed by atoms with Gasteiger partial charge in [-0.15, -0.1) is 0 Å². The lowest BCUT2D eigenvalue weighted by Crippen LogP contribution is -2.21. The van der Waals surface area contributed by atoms with E-state index in [0.717, 1.165) is 18.2 Å². The predicted molar refractivity (Wildman–Crippen MR) is 125 cm³/mol. The number of rotatable bonds is 8. The highest BCUT2D eigenvalue weighted by Gasteiger charge is 2.34. The number of anilines is 1. The van der Waals surface area contributed by atoms with Crippen LogP contribution in [0, 0.1) is 22.9 Å². The number of aromatic hydroxyl groups is 1. The fraction of sp³-hybridized carbons (Fsp3) is 0.250. The molecule has 1 amide bonds. The number of fused-ring (bicyclic) bond motifs is 1. The summed E-state index contributed by atoms with van der Waals surface area (Å²) in [6, 6.07) is 5.56. The van der Waals surface area contributed by atoms with Crippen LogP contribution in [-0.2, 0) is 4.79 Å². The van der Waals surface area contributed by atoms with Crippen molar-refractivity contribution in [1.29, 1.82) is 0 Å². The Hall–Kier alpha value is -4.81. The van der Waals surface area contributed by atoms with E-state index in [2.05, 4.69) is 5.32 Å². The fourth-order valence-corrected chi connectivity index (χ4v) is 4.08. The maximum absolute atomic E-state index is 13.7. The molecule has 4 rings (SSSR count). The van der Waals surface area contributed by atoms with Crippen LogP contribution in [0.5, 0.6) is 28.7 Å². The number of nitrogens with one attached hydrogen (secondary N) is 1. The van der Waals surface area contributed by atoms with Gasteiger partial charge >= 0.3 is 11.3 Å². The molecule has 1 aliphatic heterocycles. The van der Waals surface area contributed by atoms with Gasteiger partial charge in [-0.2, -0.15) is 4.39 Å². The Kier molecular flexibility index (Phi) is 6.87. The third kappa shape index (κ3) is 4.83. The normalized spacial score (nSPS) is 12.6. The van der Waals surface area contributed by atoms with Gasteiger partial charge in [0.15, 0.2) is 11.5 Å². The van der Waals surface area contributed by atoms with Crippen LogP contribution in [0.1, 0.15) is 29.2 Å². The number of ether oxygens (including phenoxy) is 4. The molecule has 0 saturated carbocycles. The predicted octanol–water partition coefficient (Wildman–Crippen LogP) is 3.61. The number of methoxy groups -OCH3 is 2. The first-order chi connectivity index (χ1) is 17.6. The molecule has 2 aromatic carbocycles. The van der Waals surface area contributed by atoms with Gasteiger partial charge < -0.3 is 33.8 Å². The number of hydrogen-bond donors (Lipinski definition) is 2. The highest BCUT2D eigenvalue weighted by molar-refractivity contribution is 5.92. The molecule has 0 spiro atoms. The fourth-order valence-electron chi connectivity index (χ4n) is 4.08. The summed E-state index contributed by atoms with van der Waals surface area (Å²) < 4.78 is 40.8. The maximum atomic E-state index is 13.7. The summed E-state index contributed by atoms with van der Waals surface area (Å²) >= 11 is 0. The number of carbonyl (C=O) groups is 1. The molecule has 2 N–H and O–H groups in total. The molecule has 194 valence electrons. The number of benzene rings is 2. The molecular weight excluding hydrogens is 495 g/mol. The average molecular weight is 516 g/mol. The molecule has 0 unspecified atom stereocenters. The zero-order valence-electron chi connectivity index (χ0n) is 19.8. The Bertz CT molecular complexity index is 1450. The lowest BCUT2D eigenvalue weighted by atomic mass is 9.87. The van der Waals surface area contributed by atoms with Crippen LogP contribution in [0.25, 0.3) is 0 Å². The van der Waals surface area contributed by atoms with Crippen molar-refractivity contribution in [2.45, 2.75) is 19.3 Å². The molecule has 0 saturated heterocycles. The summed E-state index contributed by atoms with van der Waals surface area (Å²) in [6.45, 7) is 1.34. The van der Waals surface area contributed by atoms with E-state index < -0.39 is 46.0 Å². The number of amides is 1. The summed E-state index contributed by atoms with van der Waals surface area (Å²) in [5, 5.41) is 24.2. The van der Waals surface area contributed by atoms with Crippen LogP contribution in [-0.4, -0.2) is 36.9 Å². The Morgan fingerprint density at radius 3 is 2.59 bits per heavy atom. The summed E-state index contributed by atoms with van der Waals surface area (Å²) in [6.07, 6.45) is -0.467. The van der Waals surface area contributed by atoms with Crippen LogP contribution in [0.4, 0.5) is 15.8 Å². The zero-order chi connectivity index (χ0) is 26.9. The lowest BCUT2D eigenvalue weighted by molar-refractivity contribution is -0.387. The van der Waals surface area contributed by atoms with Crippen molar-refractivity contribution in [2.24, 2.45) is 0 Å². The van der Waals surface area contributed by atoms with E-state index in [9.17, 15) is 29.2 Å². The highest BCUT2D eigenvalue weighted by atomic mass is 19.1. The van der Waals surface area contributed by atoms with Gasteiger partial charge in [-0.05, 0) is 25.1 Å². The van der Waals surface area contributed by atoms with Crippen LogP contribution in [0.3, 0.4) is 0 Å². The minimum Gasteiger partial charge on any atom is -0.507 e. The number of halogens is 1. The van der Waals surface area contributed by atoms with Crippen molar-refractivity contribution in [3.8, 4) is 28.7 Å². The molecule has 3 aromatic rings. The quantitative estimate of drug-likeness (QED) is 0.334. The number of hydrogen-bond acceptors (Lipinski definition) is 10. The second kappa shape index (κ2) is 10.0. The van der Waals surface area contributed by atoms with E-state index in [-0.39, 0.29) is 52.4 Å². The molecule has 13 heteroatoms. The molecule has 37 heavy (non-hydrogen) atoms. The van der Waals surface area contributed by atoms with E-state index in [1.807, 2.05) is 0 Å². The van der Waals surface area contributed by atoms with Crippen molar-refractivity contribution in [2.75, 3.05) is 26.3 Å². The smallest absolute Gasteiger partial charge is 0.343 e. The Balaban J connectivity index is 1.82. The van der Waals surface area contributed by atoms with Gasteiger partial charge in [0.1, 0.15) is 11.5 Å². The molecule has 0 fully saturated rings. The average Bonchev–Trinajstić information content (AvgIpc) is 3.32. The Morgan fingerprint density at radius 1 is 1.22 bits per heavy atom. The van der Waals surface area contributed by atoms with Gasteiger partial charge in [0.2, 0.25) is 30.0 Å². The SMILES string of the molecule is COc1cc([C@@H](CC(=O)Nc2ccc(F)c([N+](=O)[O-])c2)c2c(O)cc(C)oc2=O)c(OC)c2c1OCO2. The van der Waals surface area contributed by atoms with Crippen LogP contribution in [0.15, 0.2) is 39.5 Å². The van der Waals surface area contributed by atoms with Gasteiger partial charge in [0, 0.05) is 35.7 Å². The largest absolute Gasteiger partial charge is 0.507 e. The monoisotopic (exact) mass is 516 g/mol. The Morgan fingerprint density at radius 2 is 1.95 bits per heavy atom. The van der Waals surface area contributed by atoms with E-state index >= 15 is 0 Å². The molecule has 0 bridgehead atoms. The van der Waals surface area contributed by atoms with Crippen molar-refractivity contribution < 1.29 is 42.6 Å². The van der Waals surface area contributed by atoms with Crippen LogP contribution in [0.2, 0.25) is 0 Å². The van der Waals surface area contributed by atoms with E-state index in [0.29, 0.717) is 0 Å². The lowest BCUT2D eigenvalue weighted by Gasteiger charge is -2.22. The molecule has 1 aromatic heterocycles. The van der Waals surface area contributed by atoms with E-state index in [1.54, 1.807) is 0 Å². The van der Waals surface area contributed by atoms with Crippen molar-refractivity contribution in [3.05, 3.63) is 73.6 Å². The molecule has 2 heterocycles. The molecule has 0 radical (unpaired) electrons. The standard InChI is InChI=1S/C24H21FN2O10/c1-11-6-17(28)20(24(30)37-11)13(9-19(29)26-12-4-5-15(25)16(7-12)27(31)32)14-8-18(33-2)22-23(21(14)34-3)36-10-35-22/h4-8,13,28H,9-10H2,1-3H3,(H,26,29)/t13-/m1/s1. The number of nitrogens with zero attached hydrogens (tertiary/aromatic N) is 1. The first kappa shape index (κ1) is 25.3. The van der Waals surface area contributed by atoms with Crippen LogP contribution < -0.4 is 29.9 Å². The Labute approximate surface area is 208 Å². The molecule has 1 aliphatic rings. The first-order valence-corrected chi connectivity index (χ1v) is 10.8. The first-order valence-electron chi connectivity index (χ1n) is 10.8. The molecule has 0 aliphatic carbocycles.